The van der Waals surface area contributed by atoms with Crippen LogP contribution in [0.25, 0.3) is 5.57 Å². The fourth-order valence-corrected chi connectivity index (χ4v) is 8.66. The van der Waals surface area contributed by atoms with Gasteiger partial charge >= 0.3 is 0 Å². The van der Waals surface area contributed by atoms with E-state index in [9.17, 15) is 0 Å². The lowest BCUT2D eigenvalue weighted by Crippen LogP contribution is -2.57. The molecule has 0 radical (unpaired) electrons. The molecule has 2 fully saturated rings. The third kappa shape index (κ3) is 1.99. The Labute approximate surface area is 202 Å². The van der Waals surface area contributed by atoms with E-state index < -0.39 is 0 Å². The monoisotopic (exact) mass is 436 g/mol. The summed E-state index contributed by atoms with van der Waals surface area (Å²) in [5.74, 6) is 1.29. The number of hydrogen-bond acceptors (Lipinski definition) is 0. The van der Waals surface area contributed by atoms with Gasteiger partial charge in [-0.25, -0.2) is 0 Å². The molecule has 0 amide bonds. The largest absolute Gasteiger partial charge is 0.0622 e. The van der Waals surface area contributed by atoms with Gasteiger partial charge in [0.05, 0.1) is 5.41 Å². The summed E-state index contributed by atoms with van der Waals surface area (Å²) < 4.78 is 0. The first-order valence-corrected chi connectivity index (χ1v) is 12.9. The summed E-state index contributed by atoms with van der Waals surface area (Å²) in [6.07, 6.45) is 5.18. The van der Waals surface area contributed by atoms with Gasteiger partial charge < -0.3 is 0 Å². The van der Waals surface area contributed by atoms with E-state index >= 15 is 0 Å². The van der Waals surface area contributed by atoms with Gasteiger partial charge in [-0.2, -0.15) is 0 Å². The van der Waals surface area contributed by atoms with E-state index in [4.69, 9.17) is 0 Å². The summed E-state index contributed by atoms with van der Waals surface area (Å²) in [6, 6.07) is 41.6. The molecule has 164 valence electrons. The first kappa shape index (κ1) is 19.0. The third-order valence-corrected chi connectivity index (χ3v) is 9.84. The second-order valence-corrected chi connectivity index (χ2v) is 10.7. The zero-order chi connectivity index (χ0) is 22.3. The Hall–Kier alpha value is -3.38. The van der Waals surface area contributed by atoms with Crippen LogP contribution in [0.5, 0.6) is 0 Å². The molecule has 8 rings (SSSR count). The quantitative estimate of drug-likeness (QED) is 0.298. The van der Waals surface area contributed by atoms with E-state index in [2.05, 4.69) is 109 Å². The maximum atomic E-state index is 2.47. The van der Waals surface area contributed by atoms with E-state index in [1.54, 1.807) is 16.7 Å². The summed E-state index contributed by atoms with van der Waals surface area (Å²) in [4.78, 5) is 0. The molecule has 0 nitrogen and oxygen atoms in total. The summed E-state index contributed by atoms with van der Waals surface area (Å²) in [6.45, 7) is 0. The van der Waals surface area contributed by atoms with Crippen LogP contribution in [0.4, 0.5) is 0 Å². The minimum Gasteiger partial charge on any atom is -0.0622 e. The lowest BCUT2D eigenvalue weighted by Gasteiger charge is -2.62. The second-order valence-electron chi connectivity index (χ2n) is 10.7. The Morgan fingerprint density at radius 2 is 1.26 bits per heavy atom. The molecule has 1 spiro atoms. The van der Waals surface area contributed by atoms with Crippen molar-refractivity contribution in [3.8, 4) is 0 Å². The highest BCUT2D eigenvalue weighted by molar-refractivity contribution is 5.88. The van der Waals surface area contributed by atoms with Gasteiger partial charge in [-0.1, -0.05) is 115 Å². The molecular formula is C34H28. The molecule has 0 heteroatoms. The Bertz CT molecular complexity index is 1460. The van der Waals surface area contributed by atoms with E-state index in [1.165, 1.54) is 53.5 Å². The molecule has 2 saturated carbocycles. The van der Waals surface area contributed by atoms with Crippen LogP contribution in [0, 0.1) is 11.3 Å². The number of hydrogen-bond donors (Lipinski definition) is 0. The van der Waals surface area contributed by atoms with E-state index in [0.717, 1.165) is 0 Å². The molecule has 34 heavy (non-hydrogen) atoms. The van der Waals surface area contributed by atoms with Gasteiger partial charge in [-0.3, -0.25) is 0 Å². The molecule has 4 aromatic carbocycles. The summed E-state index contributed by atoms with van der Waals surface area (Å²) in [5, 5.41) is 0. The van der Waals surface area contributed by atoms with Crippen LogP contribution in [-0.2, 0) is 5.41 Å². The SMILES string of the molecule is c1ccc(C2=C3CCC3C34CCC3c3ccccc3C4(c3ccccc3)c3ccccc32)cc1. The number of fused-ring (bicyclic) bond motifs is 6. The second kappa shape index (κ2) is 6.60. The summed E-state index contributed by atoms with van der Waals surface area (Å²) in [7, 11) is 0. The minimum absolute atomic E-state index is 0.1000. The minimum atomic E-state index is -0.1000. The Morgan fingerprint density at radius 3 is 1.97 bits per heavy atom. The molecular weight excluding hydrogens is 408 g/mol. The fourth-order valence-electron chi connectivity index (χ4n) is 8.66. The van der Waals surface area contributed by atoms with Gasteiger partial charge in [0, 0.05) is 5.41 Å². The van der Waals surface area contributed by atoms with Crippen molar-refractivity contribution in [2.75, 3.05) is 0 Å². The van der Waals surface area contributed by atoms with Crippen molar-refractivity contribution in [1.29, 1.82) is 0 Å². The van der Waals surface area contributed by atoms with E-state index in [0.29, 0.717) is 11.8 Å². The third-order valence-electron chi connectivity index (χ3n) is 9.84. The average Bonchev–Trinajstić information content (AvgIpc) is 2.99. The lowest BCUT2D eigenvalue weighted by atomic mass is 9.40. The highest BCUT2D eigenvalue weighted by atomic mass is 14.7. The standard InChI is InChI=1S/C34H28/c1-3-11-23(12-4-1)32-26-16-8-10-18-31(26)34(24-13-5-2-6-14-24)30-17-9-7-15-25(30)29-21-22-33(29,34)28-20-19-27(28)32/h1-18,28-29H,19-22H2. The Kier molecular flexibility index (Phi) is 3.69. The number of allylic oxidation sites excluding steroid dienone is 1. The lowest BCUT2D eigenvalue weighted by molar-refractivity contribution is -0.0210. The van der Waals surface area contributed by atoms with Crippen molar-refractivity contribution < 1.29 is 0 Å². The molecule has 4 atom stereocenters. The summed E-state index contributed by atoms with van der Waals surface area (Å²) in [5.41, 5.74) is 12.4. The van der Waals surface area contributed by atoms with Crippen LogP contribution in [0.15, 0.2) is 115 Å². The number of rotatable bonds is 2. The maximum Gasteiger partial charge on any atom is 0.0527 e. The van der Waals surface area contributed by atoms with Crippen molar-refractivity contribution in [2.45, 2.75) is 37.0 Å². The van der Waals surface area contributed by atoms with Crippen LogP contribution < -0.4 is 0 Å². The van der Waals surface area contributed by atoms with E-state index in [-0.39, 0.29) is 10.8 Å². The predicted molar refractivity (Wildman–Crippen MR) is 139 cm³/mol. The topological polar surface area (TPSA) is 0 Å². The maximum absolute atomic E-state index is 2.47. The smallest absolute Gasteiger partial charge is 0.0527 e. The van der Waals surface area contributed by atoms with Crippen molar-refractivity contribution in [3.05, 3.63) is 148 Å². The normalized spacial score (nSPS) is 30.0. The van der Waals surface area contributed by atoms with Gasteiger partial charge in [-0.15, -0.1) is 0 Å². The molecule has 4 aliphatic carbocycles. The molecule has 4 unspecified atom stereocenters. The van der Waals surface area contributed by atoms with Gasteiger partial charge in [0.15, 0.2) is 0 Å². The highest BCUT2D eigenvalue weighted by Crippen LogP contribution is 2.80. The van der Waals surface area contributed by atoms with Gasteiger partial charge in [0.2, 0.25) is 0 Å². The van der Waals surface area contributed by atoms with Gasteiger partial charge in [0.1, 0.15) is 0 Å². The van der Waals surface area contributed by atoms with Crippen LogP contribution in [-0.4, -0.2) is 0 Å². The van der Waals surface area contributed by atoms with Crippen molar-refractivity contribution in [3.63, 3.8) is 0 Å². The van der Waals surface area contributed by atoms with Crippen molar-refractivity contribution >= 4 is 5.57 Å². The molecule has 0 aromatic heterocycles. The fraction of sp³-hybridized carbons (Fsp3) is 0.235. The molecule has 4 aromatic rings. The highest BCUT2D eigenvalue weighted by Gasteiger charge is 2.73. The van der Waals surface area contributed by atoms with Crippen LogP contribution in [0.3, 0.4) is 0 Å². The van der Waals surface area contributed by atoms with Crippen LogP contribution in [0.2, 0.25) is 0 Å². The first-order chi connectivity index (χ1) is 16.9. The first-order valence-electron chi connectivity index (χ1n) is 12.9. The molecule has 0 N–H and O–H groups in total. The van der Waals surface area contributed by atoms with Gasteiger partial charge in [0.25, 0.3) is 0 Å². The van der Waals surface area contributed by atoms with Crippen LogP contribution in [0.1, 0.15) is 65.0 Å². The van der Waals surface area contributed by atoms with Crippen LogP contribution >= 0.6 is 0 Å². The Balaban J connectivity index is 1.56. The molecule has 4 aliphatic rings. The molecule has 0 heterocycles. The molecule has 0 aliphatic heterocycles. The predicted octanol–water partition coefficient (Wildman–Crippen LogP) is 8.12. The molecule has 0 bridgehead atoms. The number of benzene rings is 4. The van der Waals surface area contributed by atoms with Crippen molar-refractivity contribution in [2.24, 2.45) is 11.3 Å². The molecule has 0 saturated heterocycles. The van der Waals surface area contributed by atoms with Crippen molar-refractivity contribution in [1.82, 2.24) is 0 Å². The van der Waals surface area contributed by atoms with Gasteiger partial charge in [-0.05, 0) is 76.5 Å². The zero-order valence-corrected chi connectivity index (χ0v) is 19.4. The summed E-state index contributed by atoms with van der Waals surface area (Å²) >= 11 is 0. The average molecular weight is 437 g/mol. The zero-order valence-electron chi connectivity index (χ0n) is 19.4. The Morgan fingerprint density at radius 1 is 0.588 bits per heavy atom. The van der Waals surface area contributed by atoms with E-state index in [1.807, 2.05) is 0 Å².